The molecule has 156 valence electrons. The molecular formula is C21H25F3N4S. The third kappa shape index (κ3) is 5.67. The summed E-state index contributed by atoms with van der Waals surface area (Å²) in [4.78, 5) is 8.84. The van der Waals surface area contributed by atoms with E-state index < -0.39 is 11.7 Å². The maximum atomic E-state index is 12.7. The fourth-order valence-electron chi connectivity index (χ4n) is 3.54. The Labute approximate surface area is 174 Å². The van der Waals surface area contributed by atoms with Gasteiger partial charge in [0.15, 0.2) is 5.11 Å². The molecule has 0 spiro atoms. The van der Waals surface area contributed by atoms with Crippen LogP contribution in [0, 0.1) is 13.8 Å². The van der Waals surface area contributed by atoms with Crippen LogP contribution in [0.15, 0.2) is 36.4 Å². The minimum absolute atomic E-state index is 0.220. The average molecular weight is 423 g/mol. The number of aromatic nitrogens is 1. The van der Waals surface area contributed by atoms with Crippen molar-refractivity contribution in [1.82, 2.24) is 14.8 Å². The van der Waals surface area contributed by atoms with Gasteiger partial charge >= 0.3 is 6.18 Å². The van der Waals surface area contributed by atoms with Crippen molar-refractivity contribution in [2.24, 2.45) is 0 Å². The smallest absolute Gasteiger partial charge is 0.346 e. The van der Waals surface area contributed by atoms with Crippen molar-refractivity contribution in [3.05, 3.63) is 58.8 Å². The molecule has 8 heteroatoms. The van der Waals surface area contributed by atoms with Crippen molar-refractivity contribution >= 4 is 23.1 Å². The predicted molar refractivity (Wildman–Crippen MR) is 113 cm³/mol. The summed E-state index contributed by atoms with van der Waals surface area (Å²) in [6.45, 7) is 8.97. The number of thiocarbonyl (C=S) groups is 1. The molecule has 1 N–H and O–H groups in total. The third-order valence-electron chi connectivity index (χ3n) is 5.05. The van der Waals surface area contributed by atoms with Gasteiger partial charge in [-0.15, -0.1) is 0 Å². The Balaban J connectivity index is 1.56. The SMILES string of the molecule is Cc1cc(C)nc(NC(=S)N2CCN(Cc3ccc(C(F)(F)F)cc3)[C@@H](C)C2)c1. The van der Waals surface area contributed by atoms with E-state index in [0.717, 1.165) is 54.4 Å². The van der Waals surface area contributed by atoms with Gasteiger partial charge < -0.3 is 10.2 Å². The molecule has 0 aliphatic carbocycles. The zero-order chi connectivity index (χ0) is 21.2. The van der Waals surface area contributed by atoms with Gasteiger partial charge in [-0.25, -0.2) is 4.98 Å². The molecule has 29 heavy (non-hydrogen) atoms. The quantitative estimate of drug-likeness (QED) is 0.730. The number of hydrogen-bond acceptors (Lipinski definition) is 3. The van der Waals surface area contributed by atoms with E-state index in [1.165, 1.54) is 0 Å². The minimum atomic E-state index is -4.30. The normalized spacial score (nSPS) is 18.0. The van der Waals surface area contributed by atoms with E-state index in [-0.39, 0.29) is 6.04 Å². The Morgan fingerprint density at radius 2 is 1.86 bits per heavy atom. The summed E-state index contributed by atoms with van der Waals surface area (Å²) in [5, 5.41) is 3.86. The molecule has 1 aliphatic heterocycles. The molecule has 1 aromatic carbocycles. The minimum Gasteiger partial charge on any atom is -0.346 e. The molecule has 1 aliphatic rings. The lowest BCUT2D eigenvalue weighted by Gasteiger charge is -2.41. The first-order valence-electron chi connectivity index (χ1n) is 9.53. The number of nitrogens with zero attached hydrogens (tertiary/aromatic N) is 3. The van der Waals surface area contributed by atoms with Crippen LogP contribution in [-0.2, 0) is 12.7 Å². The van der Waals surface area contributed by atoms with E-state index in [4.69, 9.17) is 12.2 Å². The van der Waals surface area contributed by atoms with Gasteiger partial charge in [0, 0.05) is 37.9 Å². The number of halogens is 3. The van der Waals surface area contributed by atoms with E-state index >= 15 is 0 Å². The molecule has 4 nitrogen and oxygen atoms in total. The van der Waals surface area contributed by atoms with Crippen LogP contribution in [0.3, 0.4) is 0 Å². The van der Waals surface area contributed by atoms with Crippen LogP contribution in [0.25, 0.3) is 0 Å². The average Bonchev–Trinajstić information content (AvgIpc) is 2.62. The maximum absolute atomic E-state index is 12.7. The number of anilines is 1. The monoisotopic (exact) mass is 422 g/mol. The van der Waals surface area contributed by atoms with E-state index in [0.29, 0.717) is 11.7 Å². The van der Waals surface area contributed by atoms with Crippen LogP contribution in [-0.4, -0.2) is 45.6 Å². The third-order valence-corrected chi connectivity index (χ3v) is 5.41. The fourth-order valence-corrected chi connectivity index (χ4v) is 3.81. The van der Waals surface area contributed by atoms with Gasteiger partial charge in [0.1, 0.15) is 5.82 Å². The zero-order valence-electron chi connectivity index (χ0n) is 16.8. The molecule has 1 saturated heterocycles. The van der Waals surface area contributed by atoms with Gasteiger partial charge in [-0.05, 0) is 68.4 Å². The van der Waals surface area contributed by atoms with Gasteiger partial charge in [0.2, 0.25) is 0 Å². The Morgan fingerprint density at radius 3 is 2.45 bits per heavy atom. The van der Waals surface area contributed by atoms with Gasteiger partial charge in [0.25, 0.3) is 0 Å². The highest BCUT2D eigenvalue weighted by atomic mass is 32.1. The van der Waals surface area contributed by atoms with E-state index in [1.54, 1.807) is 12.1 Å². The number of pyridine rings is 1. The van der Waals surface area contributed by atoms with Crippen molar-refractivity contribution in [2.75, 3.05) is 25.0 Å². The standard InChI is InChI=1S/C21H25F3N4S/c1-14-10-15(2)25-19(11-14)26-20(29)28-9-8-27(16(3)12-28)13-17-4-6-18(7-5-17)21(22,23)24/h4-7,10-11,16H,8-9,12-13H2,1-3H3,(H,25,26,29)/t16-/m0/s1. The van der Waals surface area contributed by atoms with Gasteiger partial charge in [-0.2, -0.15) is 13.2 Å². The second kappa shape index (κ2) is 8.67. The van der Waals surface area contributed by atoms with Gasteiger partial charge in [-0.1, -0.05) is 12.1 Å². The molecule has 0 amide bonds. The second-order valence-electron chi connectivity index (χ2n) is 7.56. The maximum Gasteiger partial charge on any atom is 0.416 e. The lowest BCUT2D eigenvalue weighted by molar-refractivity contribution is -0.137. The summed E-state index contributed by atoms with van der Waals surface area (Å²) < 4.78 is 38.2. The molecule has 1 fully saturated rings. The van der Waals surface area contributed by atoms with Crippen LogP contribution >= 0.6 is 12.2 Å². The highest BCUT2D eigenvalue weighted by Gasteiger charge is 2.30. The van der Waals surface area contributed by atoms with E-state index in [9.17, 15) is 13.2 Å². The molecular weight excluding hydrogens is 397 g/mol. The molecule has 0 radical (unpaired) electrons. The van der Waals surface area contributed by atoms with Crippen LogP contribution in [0.1, 0.15) is 29.3 Å². The number of nitrogens with one attached hydrogen (secondary N) is 1. The predicted octanol–water partition coefficient (Wildman–Crippen LogP) is 4.62. The molecule has 1 aromatic heterocycles. The molecule has 0 unspecified atom stereocenters. The van der Waals surface area contributed by atoms with Crippen molar-refractivity contribution in [3.63, 3.8) is 0 Å². The van der Waals surface area contributed by atoms with Crippen LogP contribution in [0.5, 0.6) is 0 Å². The first kappa shape index (κ1) is 21.5. The van der Waals surface area contributed by atoms with E-state index in [1.807, 2.05) is 26.0 Å². The summed E-state index contributed by atoms with van der Waals surface area (Å²) >= 11 is 5.56. The number of aryl methyl sites for hydroxylation is 2. The van der Waals surface area contributed by atoms with Gasteiger partial charge in [-0.3, -0.25) is 4.90 Å². The molecule has 1 atom stereocenters. The number of rotatable bonds is 3. The Bertz CT molecular complexity index is 847. The molecule has 0 bridgehead atoms. The van der Waals surface area contributed by atoms with E-state index in [2.05, 4.69) is 27.0 Å². The topological polar surface area (TPSA) is 31.4 Å². The highest BCUT2D eigenvalue weighted by molar-refractivity contribution is 7.80. The van der Waals surface area contributed by atoms with Gasteiger partial charge in [0.05, 0.1) is 5.56 Å². The van der Waals surface area contributed by atoms with Crippen molar-refractivity contribution in [2.45, 2.75) is 39.5 Å². The van der Waals surface area contributed by atoms with Crippen LogP contribution in [0.4, 0.5) is 19.0 Å². The first-order valence-corrected chi connectivity index (χ1v) is 9.94. The second-order valence-corrected chi connectivity index (χ2v) is 7.95. The molecule has 2 aromatic rings. The molecule has 2 heterocycles. The largest absolute Gasteiger partial charge is 0.416 e. The van der Waals surface area contributed by atoms with Crippen molar-refractivity contribution in [1.29, 1.82) is 0 Å². The fraction of sp³-hybridized carbons (Fsp3) is 0.429. The Hall–Kier alpha value is -2.19. The van der Waals surface area contributed by atoms with Crippen molar-refractivity contribution < 1.29 is 13.2 Å². The Kier molecular flexibility index (Phi) is 6.43. The molecule has 3 rings (SSSR count). The summed E-state index contributed by atoms with van der Waals surface area (Å²) in [5.74, 6) is 0.743. The van der Waals surface area contributed by atoms with Crippen molar-refractivity contribution in [3.8, 4) is 0 Å². The van der Waals surface area contributed by atoms with Crippen LogP contribution in [0.2, 0.25) is 0 Å². The van der Waals surface area contributed by atoms with Crippen LogP contribution < -0.4 is 5.32 Å². The lowest BCUT2D eigenvalue weighted by Crippen LogP contribution is -2.54. The molecule has 0 saturated carbocycles. The number of piperazine rings is 1. The number of hydrogen-bond donors (Lipinski definition) is 1. The summed E-state index contributed by atoms with van der Waals surface area (Å²) in [7, 11) is 0. The highest BCUT2D eigenvalue weighted by Crippen LogP contribution is 2.29. The number of alkyl halides is 3. The lowest BCUT2D eigenvalue weighted by atomic mass is 10.1. The zero-order valence-corrected chi connectivity index (χ0v) is 17.6. The Morgan fingerprint density at radius 1 is 1.17 bits per heavy atom. The number of benzene rings is 1. The summed E-state index contributed by atoms with van der Waals surface area (Å²) in [6.07, 6.45) is -4.30. The summed E-state index contributed by atoms with van der Waals surface area (Å²) in [6, 6.07) is 9.59. The summed E-state index contributed by atoms with van der Waals surface area (Å²) in [5.41, 5.74) is 2.32. The first-order chi connectivity index (χ1) is 13.6.